The molecule has 0 atom stereocenters. The largest absolute Gasteiger partial charge is 0.506 e. The zero-order valence-corrected chi connectivity index (χ0v) is 20.1. The van der Waals surface area contributed by atoms with E-state index in [0.29, 0.717) is 33.9 Å². The number of benzene rings is 4. The number of hydrogen-bond acceptors (Lipinski definition) is 8. The molecule has 4 rings (SSSR count). The molecule has 0 aromatic heterocycles. The van der Waals surface area contributed by atoms with Gasteiger partial charge in [-0.2, -0.15) is 0 Å². The average Bonchev–Trinajstić information content (AvgIpc) is 2.93. The Morgan fingerprint density at radius 3 is 1.81 bits per heavy atom. The molecule has 0 bridgehead atoms. The molecule has 8 heteroatoms. The summed E-state index contributed by atoms with van der Waals surface area (Å²) >= 11 is 0. The van der Waals surface area contributed by atoms with Crippen LogP contribution in [0.3, 0.4) is 0 Å². The number of rotatable bonds is 8. The van der Waals surface area contributed by atoms with E-state index in [-0.39, 0.29) is 17.2 Å². The molecule has 0 unspecified atom stereocenters. The molecule has 8 nitrogen and oxygen atoms in total. The van der Waals surface area contributed by atoms with Crippen LogP contribution in [0.2, 0.25) is 0 Å². The molecular formula is C29H23NO7. The van der Waals surface area contributed by atoms with E-state index in [1.54, 1.807) is 78.9 Å². The SMILES string of the molecule is COc1ccc(C(=O)Oc2ccc(C=Nc3ccccc3O)c(OC(=O)c3ccc(OC)cc3)c2)cc1. The maximum Gasteiger partial charge on any atom is 0.343 e. The van der Waals surface area contributed by atoms with E-state index in [0.717, 1.165) is 0 Å². The highest BCUT2D eigenvalue weighted by Crippen LogP contribution is 2.29. The molecule has 1 N–H and O–H groups in total. The number of ether oxygens (including phenoxy) is 4. The minimum absolute atomic E-state index is 0.000527. The number of hydrogen-bond donors (Lipinski definition) is 1. The molecule has 0 amide bonds. The number of esters is 2. The van der Waals surface area contributed by atoms with E-state index in [4.69, 9.17) is 18.9 Å². The molecule has 0 fully saturated rings. The summed E-state index contributed by atoms with van der Waals surface area (Å²) in [5.41, 5.74) is 1.38. The number of aliphatic imine (C=N–C) groups is 1. The van der Waals surface area contributed by atoms with Crippen molar-refractivity contribution in [1.82, 2.24) is 0 Å². The van der Waals surface area contributed by atoms with Gasteiger partial charge in [-0.15, -0.1) is 0 Å². The van der Waals surface area contributed by atoms with Crippen molar-refractivity contribution >= 4 is 23.8 Å². The number of methoxy groups -OCH3 is 2. The Kier molecular flexibility index (Phi) is 7.80. The molecule has 0 radical (unpaired) electrons. The van der Waals surface area contributed by atoms with Gasteiger partial charge in [-0.1, -0.05) is 12.1 Å². The van der Waals surface area contributed by atoms with Crippen LogP contribution in [0.4, 0.5) is 5.69 Å². The van der Waals surface area contributed by atoms with Gasteiger partial charge in [0.15, 0.2) is 0 Å². The maximum atomic E-state index is 12.8. The highest BCUT2D eigenvalue weighted by atomic mass is 16.5. The summed E-state index contributed by atoms with van der Waals surface area (Å²) in [4.78, 5) is 29.8. The molecular weight excluding hydrogens is 474 g/mol. The number of nitrogens with zero attached hydrogens (tertiary/aromatic N) is 1. The first-order chi connectivity index (χ1) is 18.0. The van der Waals surface area contributed by atoms with Gasteiger partial charge in [0.25, 0.3) is 0 Å². The Bertz CT molecular complexity index is 1430. The number of aromatic hydroxyl groups is 1. The average molecular weight is 498 g/mol. The Morgan fingerprint density at radius 1 is 0.703 bits per heavy atom. The van der Waals surface area contributed by atoms with Crippen LogP contribution < -0.4 is 18.9 Å². The van der Waals surface area contributed by atoms with Crippen molar-refractivity contribution in [3.8, 4) is 28.7 Å². The monoisotopic (exact) mass is 497 g/mol. The number of carbonyl (C=O) groups is 2. The third-order valence-electron chi connectivity index (χ3n) is 5.27. The van der Waals surface area contributed by atoms with Crippen LogP contribution in [0.25, 0.3) is 0 Å². The second kappa shape index (κ2) is 11.5. The Morgan fingerprint density at radius 2 is 1.24 bits per heavy atom. The van der Waals surface area contributed by atoms with Crippen LogP contribution >= 0.6 is 0 Å². The lowest BCUT2D eigenvalue weighted by Gasteiger charge is -2.11. The summed E-state index contributed by atoms with van der Waals surface area (Å²) < 4.78 is 21.4. The molecule has 186 valence electrons. The lowest BCUT2D eigenvalue weighted by Crippen LogP contribution is -2.11. The highest BCUT2D eigenvalue weighted by Gasteiger charge is 2.15. The summed E-state index contributed by atoms with van der Waals surface area (Å²) in [6.45, 7) is 0. The van der Waals surface area contributed by atoms with Gasteiger partial charge in [-0.25, -0.2) is 9.59 Å². The van der Waals surface area contributed by atoms with Crippen LogP contribution in [0.15, 0.2) is 96.0 Å². The van der Waals surface area contributed by atoms with E-state index >= 15 is 0 Å². The molecule has 0 aliphatic rings. The molecule has 0 aliphatic carbocycles. The van der Waals surface area contributed by atoms with E-state index in [2.05, 4.69) is 4.99 Å². The van der Waals surface area contributed by atoms with Gasteiger partial charge in [0, 0.05) is 17.8 Å². The summed E-state index contributed by atoms with van der Waals surface area (Å²) in [7, 11) is 3.06. The standard InChI is InChI=1S/C29H23NO7/c1-34-22-12-7-19(8-13-22)28(32)36-24-16-11-21(18-30-25-5-3-4-6-26(25)31)27(17-24)37-29(33)20-9-14-23(35-2)15-10-20/h3-18,31H,1-2H3. The van der Waals surface area contributed by atoms with Crippen LogP contribution in [-0.4, -0.2) is 37.5 Å². The zero-order chi connectivity index (χ0) is 26.2. The lowest BCUT2D eigenvalue weighted by atomic mass is 10.2. The molecule has 37 heavy (non-hydrogen) atoms. The van der Waals surface area contributed by atoms with Gasteiger partial charge >= 0.3 is 11.9 Å². The Balaban J connectivity index is 1.62. The first kappa shape index (κ1) is 25.0. The van der Waals surface area contributed by atoms with Gasteiger partial charge < -0.3 is 24.1 Å². The van der Waals surface area contributed by atoms with Crippen LogP contribution in [0.5, 0.6) is 28.7 Å². The summed E-state index contributed by atoms with van der Waals surface area (Å²) in [6, 6.07) is 24.0. The van der Waals surface area contributed by atoms with Gasteiger partial charge in [0.05, 0.1) is 25.3 Å². The summed E-state index contributed by atoms with van der Waals surface area (Å²) in [6.07, 6.45) is 1.45. The fraction of sp³-hybridized carbons (Fsp3) is 0.0690. The second-order valence-corrected chi connectivity index (χ2v) is 7.68. The predicted molar refractivity (Wildman–Crippen MR) is 138 cm³/mol. The van der Waals surface area contributed by atoms with Crippen molar-refractivity contribution in [3.05, 3.63) is 108 Å². The number of para-hydroxylation sites is 2. The van der Waals surface area contributed by atoms with E-state index in [1.165, 1.54) is 32.6 Å². The van der Waals surface area contributed by atoms with Gasteiger partial charge in [-0.3, -0.25) is 4.99 Å². The molecule has 0 aliphatic heterocycles. The molecule has 0 heterocycles. The smallest absolute Gasteiger partial charge is 0.343 e. The maximum absolute atomic E-state index is 12.8. The fourth-order valence-corrected chi connectivity index (χ4v) is 3.26. The van der Waals surface area contributed by atoms with E-state index in [9.17, 15) is 14.7 Å². The van der Waals surface area contributed by atoms with E-state index < -0.39 is 11.9 Å². The Hall–Kier alpha value is -5.11. The fourth-order valence-electron chi connectivity index (χ4n) is 3.26. The molecule has 4 aromatic rings. The first-order valence-electron chi connectivity index (χ1n) is 11.2. The van der Waals surface area contributed by atoms with Crippen molar-refractivity contribution in [2.24, 2.45) is 4.99 Å². The normalized spacial score (nSPS) is 10.6. The van der Waals surface area contributed by atoms with Crippen molar-refractivity contribution < 1.29 is 33.6 Å². The molecule has 0 saturated carbocycles. The minimum atomic E-state index is -0.626. The summed E-state index contributed by atoms with van der Waals surface area (Å²) in [5.74, 6) is 0.264. The number of phenols is 1. The van der Waals surface area contributed by atoms with Crippen molar-refractivity contribution in [2.45, 2.75) is 0 Å². The molecule has 0 saturated heterocycles. The third-order valence-corrected chi connectivity index (χ3v) is 5.27. The van der Waals surface area contributed by atoms with Crippen LogP contribution in [-0.2, 0) is 0 Å². The number of carbonyl (C=O) groups excluding carboxylic acids is 2. The lowest BCUT2D eigenvalue weighted by molar-refractivity contribution is 0.0732. The third kappa shape index (κ3) is 6.32. The van der Waals surface area contributed by atoms with Gasteiger partial charge in [-0.05, 0) is 72.8 Å². The van der Waals surface area contributed by atoms with Gasteiger partial charge in [0.2, 0.25) is 0 Å². The molecule has 0 spiro atoms. The van der Waals surface area contributed by atoms with Crippen LogP contribution in [0, 0.1) is 0 Å². The quantitative estimate of drug-likeness (QED) is 0.192. The van der Waals surface area contributed by atoms with E-state index in [1.807, 2.05) is 0 Å². The first-order valence-corrected chi connectivity index (χ1v) is 11.2. The minimum Gasteiger partial charge on any atom is -0.506 e. The summed E-state index contributed by atoms with van der Waals surface area (Å²) in [5, 5.41) is 10.0. The molecule has 4 aromatic carbocycles. The van der Waals surface area contributed by atoms with Crippen molar-refractivity contribution in [3.63, 3.8) is 0 Å². The second-order valence-electron chi connectivity index (χ2n) is 7.68. The zero-order valence-electron chi connectivity index (χ0n) is 20.1. The number of phenolic OH excluding ortho intramolecular Hbond substituents is 1. The van der Waals surface area contributed by atoms with Crippen molar-refractivity contribution in [1.29, 1.82) is 0 Å². The highest BCUT2D eigenvalue weighted by molar-refractivity contribution is 5.94. The van der Waals surface area contributed by atoms with Crippen LogP contribution in [0.1, 0.15) is 26.3 Å². The van der Waals surface area contributed by atoms with Crippen molar-refractivity contribution in [2.75, 3.05) is 14.2 Å². The topological polar surface area (TPSA) is 104 Å². The Labute approximate surface area is 213 Å². The van der Waals surface area contributed by atoms with Gasteiger partial charge in [0.1, 0.15) is 34.4 Å². The predicted octanol–water partition coefficient (Wildman–Crippen LogP) is 5.60.